The number of anilines is 2. The molecular formula is C24H24N6O2S. The summed E-state index contributed by atoms with van der Waals surface area (Å²) in [6.07, 6.45) is 3.59. The van der Waals surface area contributed by atoms with E-state index in [2.05, 4.69) is 26.6 Å². The number of pyridine rings is 2. The van der Waals surface area contributed by atoms with Gasteiger partial charge in [0.25, 0.3) is 0 Å². The number of amides is 2. The van der Waals surface area contributed by atoms with E-state index in [9.17, 15) is 4.79 Å². The molecule has 2 amide bonds. The summed E-state index contributed by atoms with van der Waals surface area (Å²) in [5.41, 5.74) is 4.64. The number of aromatic nitrogens is 3. The van der Waals surface area contributed by atoms with E-state index >= 15 is 0 Å². The average Bonchev–Trinajstić information content (AvgIpc) is 3.27. The molecule has 1 saturated heterocycles. The molecule has 8 nitrogen and oxygen atoms in total. The fourth-order valence-electron chi connectivity index (χ4n) is 3.82. The van der Waals surface area contributed by atoms with Crippen LogP contribution in [0.5, 0.6) is 0 Å². The molecular weight excluding hydrogens is 436 g/mol. The highest BCUT2D eigenvalue weighted by molar-refractivity contribution is 7.22. The van der Waals surface area contributed by atoms with Crippen molar-refractivity contribution in [3.05, 3.63) is 54.9 Å². The normalized spacial score (nSPS) is 13.8. The minimum atomic E-state index is -0.266. The third-order valence-corrected chi connectivity index (χ3v) is 6.41. The van der Waals surface area contributed by atoms with Crippen LogP contribution in [0.4, 0.5) is 15.7 Å². The van der Waals surface area contributed by atoms with Crippen molar-refractivity contribution < 1.29 is 9.53 Å². The van der Waals surface area contributed by atoms with E-state index in [4.69, 9.17) is 14.7 Å². The zero-order valence-corrected chi connectivity index (χ0v) is 19.1. The van der Waals surface area contributed by atoms with E-state index in [-0.39, 0.29) is 6.03 Å². The van der Waals surface area contributed by atoms with Gasteiger partial charge in [0, 0.05) is 43.2 Å². The van der Waals surface area contributed by atoms with E-state index in [1.54, 1.807) is 6.20 Å². The number of hydrogen-bond acceptors (Lipinski definition) is 7. The Morgan fingerprint density at radius 1 is 1.12 bits per heavy atom. The molecule has 0 unspecified atom stereocenters. The lowest BCUT2D eigenvalue weighted by atomic mass is 10.0. The quantitative estimate of drug-likeness (QED) is 0.459. The van der Waals surface area contributed by atoms with Crippen LogP contribution in [-0.4, -0.2) is 53.8 Å². The topological polar surface area (TPSA) is 92.3 Å². The van der Waals surface area contributed by atoms with Gasteiger partial charge in [0.05, 0.1) is 29.1 Å². The van der Waals surface area contributed by atoms with Gasteiger partial charge >= 0.3 is 6.03 Å². The lowest BCUT2D eigenvalue weighted by Crippen LogP contribution is -2.36. The molecule has 4 aromatic rings. The summed E-state index contributed by atoms with van der Waals surface area (Å²) in [6.45, 7) is 5.48. The Labute approximate surface area is 195 Å². The Kier molecular flexibility index (Phi) is 6.14. The predicted octanol–water partition coefficient (Wildman–Crippen LogP) is 4.40. The molecule has 9 heteroatoms. The standard InChI is InChI=1S/C24H24N6O2S/c1-2-26-23(31)29-24-28-20-14-17(16-5-4-8-25-15-16)13-18(22(20)33-24)19-6-3-7-21(27-19)30-9-11-32-12-10-30/h3-8,13-15H,2,9-12H2,1H3,(H2,26,28,29,31). The predicted molar refractivity (Wildman–Crippen MR) is 132 cm³/mol. The zero-order chi connectivity index (χ0) is 22.6. The van der Waals surface area contributed by atoms with Gasteiger partial charge in [-0.15, -0.1) is 0 Å². The van der Waals surface area contributed by atoms with Crippen LogP contribution < -0.4 is 15.5 Å². The van der Waals surface area contributed by atoms with Gasteiger partial charge in [0.15, 0.2) is 5.13 Å². The highest BCUT2D eigenvalue weighted by Gasteiger charge is 2.17. The molecule has 0 atom stereocenters. The molecule has 2 N–H and O–H groups in total. The highest BCUT2D eigenvalue weighted by atomic mass is 32.1. The van der Waals surface area contributed by atoms with Gasteiger partial charge in [-0.1, -0.05) is 23.5 Å². The molecule has 1 aromatic carbocycles. The summed E-state index contributed by atoms with van der Waals surface area (Å²) < 4.78 is 6.46. The number of thiazole rings is 1. The van der Waals surface area contributed by atoms with Crippen molar-refractivity contribution >= 4 is 38.5 Å². The van der Waals surface area contributed by atoms with Gasteiger partial charge in [-0.3, -0.25) is 10.3 Å². The monoisotopic (exact) mass is 460 g/mol. The summed E-state index contributed by atoms with van der Waals surface area (Å²) in [4.78, 5) is 28.2. The number of carbonyl (C=O) groups excluding carboxylic acids is 1. The third-order valence-electron chi connectivity index (χ3n) is 5.39. The molecule has 1 fully saturated rings. The molecule has 5 rings (SSSR count). The van der Waals surface area contributed by atoms with Crippen LogP contribution in [-0.2, 0) is 4.74 Å². The molecule has 0 bridgehead atoms. The van der Waals surface area contributed by atoms with E-state index in [1.165, 1.54) is 11.3 Å². The second kappa shape index (κ2) is 9.51. The van der Waals surface area contributed by atoms with Crippen LogP contribution >= 0.6 is 11.3 Å². The first-order chi connectivity index (χ1) is 16.2. The third kappa shape index (κ3) is 4.64. The molecule has 168 valence electrons. The second-order valence-electron chi connectivity index (χ2n) is 7.60. The molecule has 0 spiro atoms. The van der Waals surface area contributed by atoms with E-state index < -0.39 is 0 Å². The van der Waals surface area contributed by atoms with E-state index in [1.807, 2.05) is 49.5 Å². The fourth-order valence-corrected chi connectivity index (χ4v) is 4.78. The second-order valence-corrected chi connectivity index (χ2v) is 8.60. The summed E-state index contributed by atoms with van der Waals surface area (Å²) in [6, 6.07) is 13.9. The Balaban J connectivity index is 1.61. The van der Waals surface area contributed by atoms with Crippen LogP contribution in [0.2, 0.25) is 0 Å². The smallest absolute Gasteiger partial charge is 0.321 e. The molecule has 0 saturated carbocycles. The first-order valence-electron chi connectivity index (χ1n) is 10.9. The number of fused-ring (bicyclic) bond motifs is 1. The van der Waals surface area contributed by atoms with Crippen LogP contribution in [0, 0.1) is 0 Å². The number of benzene rings is 1. The van der Waals surface area contributed by atoms with Crippen molar-refractivity contribution in [1.29, 1.82) is 0 Å². The van der Waals surface area contributed by atoms with Crippen molar-refractivity contribution in [3.8, 4) is 22.4 Å². The largest absolute Gasteiger partial charge is 0.378 e. The van der Waals surface area contributed by atoms with Crippen molar-refractivity contribution in [2.24, 2.45) is 0 Å². The van der Waals surface area contributed by atoms with Gasteiger partial charge in [-0.2, -0.15) is 0 Å². The van der Waals surface area contributed by atoms with Crippen LogP contribution in [0.3, 0.4) is 0 Å². The summed E-state index contributed by atoms with van der Waals surface area (Å²) in [5.74, 6) is 0.931. The van der Waals surface area contributed by atoms with Crippen molar-refractivity contribution in [2.75, 3.05) is 43.1 Å². The number of urea groups is 1. The first-order valence-corrected chi connectivity index (χ1v) is 11.7. The van der Waals surface area contributed by atoms with Crippen LogP contribution in [0.1, 0.15) is 6.92 Å². The molecule has 33 heavy (non-hydrogen) atoms. The SMILES string of the molecule is CCNC(=O)Nc1nc2cc(-c3cccnc3)cc(-c3cccc(N4CCOCC4)n3)c2s1. The van der Waals surface area contributed by atoms with Crippen molar-refractivity contribution in [3.63, 3.8) is 0 Å². The summed E-state index contributed by atoms with van der Waals surface area (Å²) in [5, 5.41) is 6.13. The number of nitrogens with one attached hydrogen (secondary N) is 2. The van der Waals surface area contributed by atoms with Crippen molar-refractivity contribution in [1.82, 2.24) is 20.3 Å². The van der Waals surface area contributed by atoms with Crippen molar-refractivity contribution in [2.45, 2.75) is 6.92 Å². The van der Waals surface area contributed by atoms with Gasteiger partial charge in [0.2, 0.25) is 0 Å². The van der Waals surface area contributed by atoms with Gasteiger partial charge in [-0.25, -0.2) is 14.8 Å². The lowest BCUT2D eigenvalue weighted by molar-refractivity contribution is 0.122. The minimum absolute atomic E-state index is 0.266. The van der Waals surface area contributed by atoms with Crippen LogP contribution in [0.15, 0.2) is 54.9 Å². The molecule has 1 aliphatic heterocycles. The Hall–Kier alpha value is -3.56. The molecule has 0 radical (unpaired) electrons. The number of hydrogen-bond donors (Lipinski definition) is 2. The van der Waals surface area contributed by atoms with Gasteiger partial charge in [-0.05, 0) is 42.8 Å². The summed E-state index contributed by atoms with van der Waals surface area (Å²) in [7, 11) is 0. The number of nitrogens with zero attached hydrogens (tertiary/aromatic N) is 4. The lowest BCUT2D eigenvalue weighted by Gasteiger charge is -2.28. The number of carbonyl (C=O) groups is 1. The first kappa shape index (κ1) is 21.3. The van der Waals surface area contributed by atoms with E-state index in [0.29, 0.717) is 24.9 Å². The Morgan fingerprint density at radius 3 is 2.79 bits per heavy atom. The van der Waals surface area contributed by atoms with Gasteiger partial charge in [0.1, 0.15) is 5.82 Å². The van der Waals surface area contributed by atoms with Crippen LogP contribution in [0.25, 0.3) is 32.6 Å². The highest BCUT2D eigenvalue weighted by Crippen LogP contribution is 2.38. The number of rotatable bonds is 5. The maximum atomic E-state index is 12.1. The zero-order valence-electron chi connectivity index (χ0n) is 18.2. The molecule has 0 aliphatic carbocycles. The molecule has 3 aromatic heterocycles. The molecule has 1 aliphatic rings. The Morgan fingerprint density at radius 2 is 2.00 bits per heavy atom. The average molecular weight is 461 g/mol. The Bertz CT molecular complexity index is 1270. The number of ether oxygens (including phenoxy) is 1. The van der Waals surface area contributed by atoms with Gasteiger partial charge < -0.3 is 15.0 Å². The minimum Gasteiger partial charge on any atom is -0.378 e. The molecule has 4 heterocycles. The maximum absolute atomic E-state index is 12.1. The maximum Gasteiger partial charge on any atom is 0.321 e. The fraction of sp³-hybridized carbons (Fsp3) is 0.250. The number of morpholine rings is 1. The van der Waals surface area contributed by atoms with E-state index in [0.717, 1.165) is 51.5 Å². The summed E-state index contributed by atoms with van der Waals surface area (Å²) >= 11 is 1.45.